The van der Waals surface area contributed by atoms with Gasteiger partial charge in [-0.05, 0) is 5.56 Å². The lowest BCUT2D eigenvalue weighted by Crippen LogP contribution is -2.22. The molecule has 3 rings (SSSR count). The third-order valence-corrected chi connectivity index (χ3v) is 2.69. The Morgan fingerprint density at radius 3 is 3.06 bits per heavy atom. The fraction of sp³-hybridized carbons (Fsp3) is 0.250. The zero-order valence-corrected chi connectivity index (χ0v) is 9.22. The summed E-state index contributed by atoms with van der Waals surface area (Å²) in [6, 6.07) is 10.1. The molecule has 0 saturated heterocycles. The summed E-state index contributed by atoms with van der Waals surface area (Å²) >= 11 is 0. The summed E-state index contributed by atoms with van der Waals surface area (Å²) in [5, 5.41) is 6.81. The lowest BCUT2D eigenvalue weighted by molar-refractivity contribution is 0.0700. The van der Waals surface area contributed by atoms with Gasteiger partial charge in [-0.25, -0.2) is 0 Å². The van der Waals surface area contributed by atoms with Gasteiger partial charge in [-0.15, -0.1) is 5.48 Å². The van der Waals surface area contributed by atoms with Crippen LogP contribution >= 0.6 is 0 Å². The van der Waals surface area contributed by atoms with Gasteiger partial charge in [0.25, 0.3) is 0 Å². The van der Waals surface area contributed by atoms with Gasteiger partial charge < -0.3 is 9.57 Å². The molecule has 0 fully saturated rings. The predicted octanol–water partition coefficient (Wildman–Crippen LogP) is 1.56. The van der Waals surface area contributed by atoms with E-state index in [9.17, 15) is 0 Å². The van der Waals surface area contributed by atoms with Gasteiger partial charge in [-0.2, -0.15) is 5.10 Å². The molecule has 1 atom stereocenters. The first-order valence-corrected chi connectivity index (χ1v) is 5.51. The fourth-order valence-corrected chi connectivity index (χ4v) is 1.80. The number of H-pyrrole nitrogens is 1. The molecule has 1 aliphatic heterocycles. The molecule has 5 nitrogen and oxygen atoms in total. The van der Waals surface area contributed by atoms with Crippen molar-refractivity contribution in [3.05, 3.63) is 47.8 Å². The number of nitrogens with zero attached hydrogens (tertiary/aromatic N) is 1. The molecule has 2 N–H and O–H groups in total. The van der Waals surface area contributed by atoms with E-state index in [2.05, 4.69) is 15.7 Å². The second-order valence-corrected chi connectivity index (χ2v) is 3.92. The topological polar surface area (TPSA) is 59.2 Å². The molecule has 1 aromatic heterocycles. The number of aromatic amines is 1. The summed E-state index contributed by atoms with van der Waals surface area (Å²) in [6.45, 7) is 1.15. The number of hydrogen-bond acceptors (Lipinski definition) is 4. The van der Waals surface area contributed by atoms with Crippen LogP contribution in [0.15, 0.2) is 36.5 Å². The van der Waals surface area contributed by atoms with E-state index in [1.54, 1.807) is 6.20 Å². The molecule has 0 spiro atoms. The van der Waals surface area contributed by atoms with Crippen LogP contribution in [-0.4, -0.2) is 16.8 Å². The Balaban J connectivity index is 1.53. The number of hydrogen-bond donors (Lipinski definition) is 2. The minimum atomic E-state index is 0.0243. The molecule has 1 unspecified atom stereocenters. The molecular weight excluding hydrogens is 218 g/mol. The van der Waals surface area contributed by atoms with Gasteiger partial charge in [0.15, 0.2) is 5.75 Å². The molecule has 1 aromatic carbocycles. The number of aromatic nitrogens is 2. The maximum absolute atomic E-state index is 5.64. The fourth-order valence-electron chi connectivity index (χ4n) is 1.80. The average Bonchev–Trinajstić information content (AvgIpc) is 2.95. The molecule has 2 heterocycles. The third-order valence-electron chi connectivity index (χ3n) is 2.69. The van der Waals surface area contributed by atoms with Crippen LogP contribution in [-0.2, 0) is 11.3 Å². The van der Waals surface area contributed by atoms with Crippen molar-refractivity contribution in [2.45, 2.75) is 12.6 Å². The summed E-state index contributed by atoms with van der Waals surface area (Å²) in [7, 11) is 0. The first-order valence-electron chi connectivity index (χ1n) is 5.51. The van der Waals surface area contributed by atoms with E-state index in [1.165, 1.54) is 0 Å². The van der Waals surface area contributed by atoms with E-state index in [1.807, 2.05) is 30.3 Å². The van der Waals surface area contributed by atoms with Gasteiger partial charge >= 0.3 is 0 Å². The highest BCUT2D eigenvalue weighted by atomic mass is 16.7. The molecule has 17 heavy (non-hydrogen) atoms. The monoisotopic (exact) mass is 231 g/mol. The molecule has 0 saturated carbocycles. The second-order valence-electron chi connectivity index (χ2n) is 3.92. The van der Waals surface area contributed by atoms with E-state index in [-0.39, 0.29) is 6.04 Å². The van der Waals surface area contributed by atoms with Crippen molar-refractivity contribution in [3.8, 4) is 5.75 Å². The number of nitrogens with one attached hydrogen (secondary N) is 2. The minimum absolute atomic E-state index is 0.0243. The molecule has 1 aliphatic rings. The van der Waals surface area contributed by atoms with Gasteiger partial charge in [-0.1, -0.05) is 30.3 Å². The number of rotatable bonds is 4. The van der Waals surface area contributed by atoms with Crippen LogP contribution in [0.5, 0.6) is 5.75 Å². The average molecular weight is 231 g/mol. The Morgan fingerprint density at radius 1 is 1.29 bits per heavy atom. The van der Waals surface area contributed by atoms with Crippen molar-refractivity contribution in [2.75, 3.05) is 6.61 Å². The third kappa shape index (κ3) is 2.15. The Labute approximate surface area is 98.7 Å². The van der Waals surface area contributed by atoms with Crippen molar-refractivity contribution in [1.29, 1.82) is 0 Å². The van der Waals surface area contributed by atoms with Gasteiger partial charge in [0.05, 0.1) is 19.4 Å². The largest absolute Gasteiger partial charge is 0.404 e. The van der Waals surface area contributed by atoms with Gasteiger partial charge in [0.2, 0.25) is 0 Å². The Hall–Kier alpha value is -1.85. The normalized spacial score (nSPS) is 17.8. The van der Waals surface area contributed by atoms with E-state index in [0.717, 1.165) is 17.0 Å². The number of benzene rings is 1. The van der Waals surface area contributed by atoms with Crippen molar-refractivity contribution >= 4 is 0 Å². The van der Waals surface area contributed by atoms with Crippen LogP contribution in [0.1, 0.15) is 17.3 Å². The first-order chi connectivity index (χ1) is 8.43. The summed E-state index contributed by atoms with van der Waals surface area (Å²) in [5.41, 5.74) is 5.00. The molecule has 0 amide bonds. The molecule has 5 heteroatoms. The quantitative estimate of drug-likeness (QED) is 0.838. The zero-order chi connectivity index (χ0) is 11.5. The summed E-state index contributed by atoms with van der Waals surface area (Å²) in [6.07, 6.45) is 1.65. The van der Waals surface area contributed by atoms with Crippen LogP contribution in [0.3, 0.4) is 0 Å². The lowest BCUT2D eigenvalue weighted by Gasteiger charge is -2.09. The van der Waals surface area contributed by atoms with Gasteiger partial charge in [-0.3, -0.25) is 5.10 Å². The Kier molecular flexibility index (Phi) is 2.77. The second kappa shape index (κ2) is 4.57. The maximum atomic E-state index is 5.64. The summed E-state index contributed by atoms with van der Waals surface area (Å²) < 4.78 is 5.64. The van der Waals surface area contributed by atoms with Crippen molar-refractivity contribution in [3.63, 3.8) is 0 Å². The lowest BCUT2D eigenvalue weighted by atomic mass is 10.2. The number of hydroxylamine groups is 1. The molecule has 88 valence electrons. The highest BCUT2D eigenvalue weighted by Gasteiger charge is 2.26. The standard InChI is InChI=1S/C12H13N3O2/c1-2-4-9(5-3-1)7-16-8-10-12-11(17-15-10)6-13-14-12/h1-6,10,15H,7-8H2,(H,13,14). The SMILES string of the molecule is c1ccc(COCC2NOc3cn[nH]c32)cc1. The van der Waals surface area contributed by atoms with Crippen molar-refractivity contribution < 1.29 is 9.57 Å². The van der Waals surface area contributed by atoms with Crippen molar-refractivity contribution in [2.24, 2.45) is 0 Å². The van der Waals surface area contributed by atoms with Crippen LogP contribution in [0.25, 0.3) is 0 Å². The van der Waals surface area contributed by atoms with Gasteiger partial charge in [0, 0.05) is 0 Å². The van der Waals surface area contributed by atoms with E-state index >= 15 is 0 Å². The Morgan fingerprint density at radius 2 is 2.18 bits per heavy atom. The molecule has 2 aromatic rings. The first kappa shape index (κ1) is 10.3. The van der Waals surface area contributed by atoms with Crippen LogP contribution in [0.4, 0.5) is 0 Å². The van der Waals surface area contributed by atoms with Gasteiger partial charge in [0.1, 0.15) is 11.7 Å². The predicted molar refractivity (Wildman–Crippen MR) is 61.2 cm³/mol. The molecule has 0 aliphatic carbocycles. The van der Waals surface area contributed by atoms with Crippen LogP contribution < -0.4 is 10.3 Å². The Bertz CT molecular complexity index is 484. The van der Waals surface area contributed by atoms with E-state index < -0.39 is 0 Å². The summed E-state index contributed by atoms with van der Waals surface area (Å²) in [4.78, 5) is 5.23. The van der Waals surface area contributed by atoms with E-state index in [0.29, 0.717) is 13.2 Å². The molecular formula is C12H13N3O2. The summed E-state index contributed by atoms with van der Waals surface area (Å²) in [5.74, 6) is 0.748. The molecule has 0 radical (unpaired) electrons. The molecule has 0 bridgehead atoms. The highest BCUT2D eigenvalue weighted by Crippen LogP contribution is 2.27. The van der Waals surface area contributed by atoms with Crippen LogP contribution in [0, 0.1) is 0 Å². The van der Waals surface area contributed by atoms with Crippen molar-refractivity contribution in [1.82, 2.24) is 15.7 Å². The smallest absolute Gasteiger partial charge is 0.189 e. The van der Waals surface area contributed by atoms with E-state index in [4.69, 9.17) is 9.57 Å². The number of ether oxygens (including phenoxy) is 1. The van der Waals surface area contributed by atoms with Crippen LogP contribution in [0.2, 0.25) is 0 Å². The minimum Gasteiger partial charge on any atom is -0.404 e. The zero-order valence-electron chi connectivity index (χ0n) is 9.22. The highest BCUT2D eigenvalue weighted by molar-refractivity contribution is 5.29. The maximum Gasteiger partial charge on any atom is 0.189 e. The number of fused-ring (bicyclic) bond motifs is 1.